The van der Waals surface area contributed by atoms with Crippen molar-refractivity contribution < 1.29 is 0 Å². The third kappa shape index (κ3) is 5.81. The molecule has 0 bridgehead atoms. The number of aliphatic imine (C=N–C) groups is 1. The molecule has 0 saturated heterocycles. The van der Waals surface area contributed by atoms with Crippen molar-refractivity contribution in [3.8, 4) is 0 Å². The Morgan fingerprint density at radius 1 is 1.06 bits per heavy atom. The highest BCUT2D eigenvalue weighted by Gasteiger charge is 1.98. The summed E-state index contributed by atoms with van der Waals surface area (Å²) < 4.78 is 0. The van der Waals surface area contributed by atoms with Crippen LogP contribution in [0.5, 0.6) is 0 Å². The first-order valence-corrected chi connectivity index (χ1v) is 5.13. The fraction of sp³-hybridized carbons (Fsp3) is 0.214. The van der Waals surface area contributed by atoms with Gasteiger partial charge in [0.2, 0.25) is 0 Å². The normalized spacial score (nSPS) is 12.2. The van der Waals surface area contributed by atoms with Gasteiger partial charge in [-0.3, -0.25) is 4.99 Å². The molecule has 0 unspecified atom stereocenters. The highest BCUT2D eigenvalue weighted by atomic mass is 15.1. The van der Waals surface area contributed by atoms with Crippen molar-refractivity contribution in [1.82, 2.24) is 4.90 Å². The van der Waals surface area contributed by atoms with Gasteiger partial charge in [0, 0.05) is 31.7 Å². The summed E-state index contributed by atoms with van der Waals surface area (Å²) in [5.74, 6) is 0. The predicted octanol–water partition coefficient (Wildman–Crippen LogP) is 3.33. The first-order chi connectivity index (χ1) is 7.63. The van der Waals surface area contributed by atoms with E-state index < -0.39 is 0 Å². The smallest absolute Gasteiger partial charge is 0.0335 e. The lowest BCUT2D eigenvalue weighted by atomic mass is 10.3. The van der Waals surface area contributed by atoms with Crippen molar-refractivity contribution >= 4 is 6.21 Å². The molecule has 0 heterocycles. The van der Waals surface area contributed by atoms with Gasteiger partial charge in [0.05, 0.1) is 0 Å². The number of hydrogen-bond acceptors (Lipinski definition) is 2. The average molecular weight is 216 g/mol. The topological polar surface area (TPSA) is 15.6 Å². The Bertz CT molecular complexity index is 310. The zero-order valence-electron chi connectivity index (χ0n) is 10.4. The van der Waals surface area contributed by atoms with Gasteiger partial charge in [-0.2, -0.15) is 0 Å². The molecule has 0 radical (unpaired) electrons. The summed E-state index contributed by atoms with van der Waals surface area (Å²) in [5, 5.41) is 0. The highest BCUT2D eigenvalue weighted by molar-refractivity contribution is 5.71. The molecule has 0 aliphatic rings. The summed E-state index contributed by atoms with van der Waals surface area (Å²) >= 11 is 0. The van der Waals surface area contributed by atoms with Crippen LogP contribution in [0, 0.1) is 0 Å². The number of hydrogen-bond donors (Lipinski definition) is 0. The first kappa shape index (κ1) is 14.2. The van der Waals surface area contributed by atoms with Crippen LogP contribution >= 0.6 is 0 Å². The number of rotatable bonds is 6. The van der Waals surface area contributed by atoms with Gasteiger partial charge < -0.3 is 4.90 Å². The molecule has 0 aromatic heterocycles. The van der Waals surface area contributed by atoms with Crippen molar-refractivity contribution in [2.24, 2.45) is 4.99 Å². The quantitative estimate of drug-likeness (QED) is 0.491. The van der Waals surface area contributed by atoms with Crippen LogP contribution < -0.4 is 0 Å². The van der Waals surface area contributed by atoms with Gasteiger partial charge in [0.15, 0.2) is 0 Å². The van der Waals surface area contributed by atoms with E-state index >= 15 is 0 Å². The zero-order chi connectivity index (χ0) is 12.4. The molecule has 0 atom stereocenters. The van der Waals surface area contributed by atoms with Gasteiger partial charge >= 0.3 is 0 Å². The van der Waals surface area contributed by atoms with Crippen molar-refractivity contribution in [1.29, 1.82) is 0 Å². The molecule has 0 aromatic rings. The Kier molecular flexibility index (Phi) is 7.51. The summed E-state index contributed by atoms with van der Waals surface area (Å²) in [6, 6.07) is 0. The minimum absolute atomic E-state index is 0.870. The SMILES string of the molecule is C=C(/C=C\C=NC)N(C)C(=C)/C=C\C=C/C. The second kappa shape index (κ2) is 8.48. The second-order valence-electron chi connectivity index (χ2n) is 3.19. The molecule has 2 nitrogen and oxygen atoms in total. The standard InChI is InChI=1S/C14H20N2/c1-6-7-8-10-13(2)16(5)14(3)11-9-12-15-4/h6-12H,2-3H2,1,4-5H3/b7-6-,10-8-,11-9-,15-12?. The van der Waals surface area contributed by atoms with Crippen molar-refractivity contribution in [2.45, 2.75) is 6.92 Å². The van der Waals surface area contributed by atoms with Gasteiger partial charge in [0.1, 0.15) is 0 Å². The van der Waals surface area contributed by atoms with Gasteiger partial charge in [-0.15, -0.1) is 0 Å². The van der Waals surface area contributed by atoms with E-state index in [4.69, 9.17) is 0 Å². The van der Waals surface area contributed by atoms with Gasteiger partial charge in [-0.05, 0) is 25.2 Å². The molecule has 0 N–H and O–H groups in total. The summed E-state index contributed by atoms with van der Waals surface area (Å²) in [6.45, 7) is 9.87. The van der Waals surface area contributed by atoms with E-state index in [0.29, 0.717) is 0 Å². The van der Waals surface area contributed by atoms with Crippen LogP contribution in [0.15, 0.2) is 66.0 Å². The number of allylic oxidation sites excluding steroid dienone is 6. The molecule has 0 amide bonds. The van der Waals surface area contributed by atoms with Crippen LogP contribution in [0.4, 0.5) is 0 Å². The van der Waals surface area contributed by atoms with Crippen LogP contribution in [0.25, 0.3) is 0 Å². The molecule has 0 rings (SSSR count). The second-order valence-corrected chi connectivity index (χ2v) is 3.19. The third-order valence-corrected chi connectivity index (χ3v) is 1.98. The first-order valence-electron chi connectivity index (χ1n) is 5.13. The van der Waals surface area contributed by atoms with E-state index in [1.165, 1.54) is 0 Å². The van der Waals surface area contributed by atoms with Gasteiger partial charge in [-0.1, -0.05) is 31.4 Å². The Morgan fingerprint density at radius 3 is 2.12 bits per heavy atom. The third-order valence-electron chi connectivity index (χ3n) is 1.98. The van der Waals surface area contributed by atoms with Gasteiger partial charge in [-0.25, -0.2) is 0 Å². The monoisotopic (exact) mass is 216 g/mol. The maximum atomic E-state index is 3.95. The van der Waals surface area contributed by atoms with E-state index in [2.05, 4.69) is 18.2 Å². The average Bonchev–Trinajstić information content (AvgIpc) is 2.28. The maximum Gasteiger partial charge on any atom is 0.0335 e. The van der Waals surface area contributed by atoms with Crippen LogP contribution in [0.3, 0.4) is 0 Å². The van der Waals surface area contributed by atoms with Crippen LogP contribution in [0.2, 0.25) is 0 Å². The van der Waals surface area contributed by atoms with Crippen LogP contribution in [0.1, 0.15) is 6.92 Å². The molecule has 0 aliphatic carbocycles. The summed E-state index contributed by atoms with van der Waals surface area (Å²) in [6.07, 6.45) is 13.3. The molecule has 0 aromatic carbocycles. The van der Waals surface area contributed by atoms with Crippen molar-refractivity contribution in [2.75, 3.05) is 14.1 Å². The largest absolute Gasteiger partial charge is 0.346 e. The molecule has 16 heavy (non-hydrogen) atoms. The molecule has 86 valence electrons. The minimum Gasteiger partial charge on any atom is -0.346 e. The van der Waals surface area contributed by atoms with E-state index in [1.54, 1.807) is 13.3 Å². The van der Waals surface area contributed by atoms with Crippen LogP contribution in [-0.4, -0.2) is 25.2 Å². The minimum atomic E-state index is 0.870. The molecule has 0 saturated carbocycles. The van der Waals surface area contributed by atoms with Crippen LogP contribution in [-0.2, 0) is 0 Å². The Hall–Kier alpha value is -1.83. The summed E-state index contributed by atoms with van der Waals surface area (Å²) in [5.41, 5.74) is 1.76. The Balaban J connectivity index is 4.38. The Morgan fingerprint density at radius 2 is 1.62 bits per heavy atom. The molecule has 2 heteroatoms. The molecular formula is C14H20N2. The van der Waals surface area contributed by atoms with Crippen molar-refractivity contribution in [3.63, 3.8) is 0 Å². The lowest BCUT2D eigenvalue weighted by Gasteiger charge is -2.19. The Labute approximate surface area is 98.7 Å². The van der Waals surface area contributed by atoms with Gasteiger partial charge in [0.25, 0.3) is 0 Å². The molecular weight excluding hydrogens is 196 g/mol. The predicted molar refractivity (Wildman–Crippen MR) is 73.6 cm³/mol. The maximum absolute atomic E-state index is 3.95. The molecule has 0 fully saturated rings. The summed E-state index contributed by atoms with van der Waals surface area (Å²) in [7, 11) is 3.66. The fourth-order valence-corrected chi connectivity index (χ4v) is 0.926. The number of nitrogens with zero attached hydrogens (tertiary/aromatic N) is 2. The fourth-order valence-electron chi connectivity index (χ4n) is 0.926. The van der Waals surface area contributed by atoms with E-state index in [0.717, 1.165) is 11.4 Å². The van der Waals surface area contributed by atoms with E-state index in [9.17, 15) is 0 Å². The molecule has 0 spiro atoms. The number of likely N-dealkylation sites (N-methyl/N-ethyl adjacent to an activating group) is 1. The van der Waals surface area contributed by atoms with E-state index in [1.807, 2.05) is 55.3 Å². The van der Waals surface area contributed by atoms with E-state index in [-0.39, 0.29) is 0 Å². The lowest BCUT2D eigenvalue weighted by Crippen LogP contribution is -2.12. The lowest BCUT2D eigenvalue weighted by molar-refractivity contribution is 0.559. The highest BCUT2D eigenvalue weighted by Crippen LogP contribution is 2.09. The zero-order valence-corrected chi connectivity index (χ0v) is 10.4. The molecule has 0 aliphatic heterocycles. The summed E-state index contributed by atoms with van der Waals surface area (Å²) in [4.78, 5) is 5.77. The van der Waals surface area contributed by atoms with Crippen molar-refractivity contribution in [3.05, 3.63) is 61.0 Å².